The number of rotatable bonds is 3. The molecular formula is C5H14B3F12KNO-3. The maximum absolute atomic E-state index is 9.75. The van der Waals surface area contributed by atoms with Crippen LogP contribution in [-0.2, 0) is 4.74 Å². The van der Waals surface area contributed by atoms with Gasteiger partial charge in [-0.05, 0) is 14.1 Å². The zero-order valence-electron chi connectivity index (χ0n) is 13.5. The van der Waals surface area contributed by atoms with Crippen LogP contribution in [0.1, 0.15) is 1.43 Å². The number of hydrogen-bond donors (Lipinski definition) is 0. The van der Waals surface area contributed by atoms with E-state index in [-0.39, 0.29) is 52.8 Å². The van der Waals surface area contributed by atoms with Crippen molar-refractivity contribution < 1.29 is 109 Å². The summed E-state index contributed by atoms with van der Waals surface area (Å²) in [6.07, 6.45) is 0. The standard InChI is InChI=1S/C5H13NO.3BF4.K.H/c1-6(2)4-5-7-3;3*2-1(3,4)5;;/h4-5H2,1-3H3;;;;;/q;3*-1;+1;-1. The molecule has 0 bridgehead atoms. The molecule has 0 spiro atoms. The Morgan fingerprint density at radius 2 is 0.870 bits per heavy atom. The van der Waals surface area contributed by atoms with E-state index >= 15 is 0 Å². The third-order valence-electron chi connectivity index (χ3n) is 0.743. The fourth-order valence-electron chi connectivity index (χ4n) is 0.274. The Hall–Kier alpha value is 0.911. The van der Waals surface area contributed by atoms with Crippen LogP contribution >= 0.6 is 0 Å². The molecule has 0 N–H and O–H groups in total. The van der Waals surface area contributed by atoms with Gasteiger partial charge in [0.25, 0.3) is 0 Å². The summed E-state index contributed by atoms with van der Waals surface area (Å²) in [6.45, 7) is 1.84. The van der Waals surface area contributed by atoms with Gasteiger partial charge in [0.1, 0.15) is 0 Å². The van der Waals surface area contributed by atoms with Crippen molar-refractivity contribution in [2.24, 2.45) is 0 Å². The van der Waals surface area contributed by atoms with Crippen LogP contribution in [0.5, 0.6) is 0 Å². The Morgan fingerprint density at radius 3 is 0.913 bits per heavy atom. The molecular weight excluding hydrogens is 390 g/mol. The minimum absolute atomic E-state index is 0. The molecule has 0 amide bonds. The third kappa shape index (κ3) is 415. The second-order valence-corrected chi connectivity index (χ2v) is 3.28. The number of halogens is 12. The van der Waals surface area contributed by atoms with E-state index < -0.39 is 21.8 Å². The van der Waals surface area contributed by atoms with Crippen LogP contribution in [0.25, 0.3) is 0 Å². The predicted molar refractivity (Wildman–Crippen MR) is 62.1 cm³/mol. The van der Waals surface area contributed by atoms with Gasteiger partial charge >= 0.3 is 73.1 Å². The van der Waals surface area contributed by atoms with Crippen molar-refractivity contribution in [3.8, 4) is 0 Å². The normalized spacial score (nSPS) is 11.0. The van der Waals surface area contributed by atoms with E-state index in [1.54, 1.807) is 7.11 Å². The van der Waals surface area contributed by atoms with Crippen molar-refractivity contribution in [1.29, 1.82) is 0 Å². The summed E-state index contributed by atoms with van der Waals surface area (Å²) in [7, 11) is -12.2. The molecule has 0 aromatic heterocycles. The van der Waals surface area contributed by atoms with Crippen LogP contribution in [-0.4, -0.2) is 61.0 Å². The summed E-state index contributed by atoms with van der Waals surface area (Å²) in [5.74, 6) is 0. The third-order valence-corrected chi connectivity index (χ3v) is 0.743. The summed E-state index contributed by atoms with van der Waals surface area (Å²) in [5, 5.41) is 0. The number of likely N-dealkylation sites (N-methyl/N-ethyl adjacent to an activating group) is 1. The van der Waals surface area contributed by atoms with Crippen molar-refractivity contribution in [2.45, 2.75) is 0 Å². The number of hydrogen-bond acceptors (Lipinski definition) is 2. The average Bonchev–Trinajstić information content (AvgIpc) is 2.05. The van der Waals surface area contributed by atoms with Gasteiger partial charge in [-0.2, -0.15) is 0 Å². The summed E-state index contributed by atoms with van der Waals surface area (Å²) < 4.78 is 122. The summed E-state index contributed by atoms with van der Waals surface area (Å²) >= 11 is 0. The molecule has 0 aromatic carbocycles. The number of nitrogens with zero attached hydrogens (tertiary/aromatic N) is 1. The fraction of sp³-hybridized carbons (Fsp3) is 1.00. The van der Waals surface area contributed by atoms with Crippen molar-refractivity contribution >= 4 is 21.8 Å². The first-order valence-electron chi connectivity index (χ1n) is 5.03. The quantitative estimate of drug-likeness (QED) is 0.519. The molecule has 142 valence electrons. The van der Waals surface area contributed by atoms with E-state index in [4.69, 9.17) is 4.74 Å². The molecule has 0 aliphatic rings. The summed E-state index contributed by atoms with van der Waals surface area (Å²) in [6, 6.07) is 0. The Bertz CT molecular complexity index is 194. The smallest absolute Gasteiger partial charge is 1.00 e. The molecule has 0 aromatic rings. The maximum atomic E-state index is 9.75. The van der Waals surface area contributed by atoms with Gasteiger partial charge in [-0.25, -0.2) is 0 Å². The Balaban J connectivity index is -0.0000000443. The van der Waals surface area contributed by atoms with Crippen LogP contribution in [0.4, 0.5) is 51.8 Å². The van der Waals surface area contributed by atoms with Crippen LogP contribution in [0, 0.1) is 0 Å². The first-order valence-corrected chi connectivity index (χ1v) is 5.03. The molecule has 0 heterocycles. The van der Waals surface area contributed by atoms with Crippen LogP contribution in [0.2, 0.25) is 0 Å². The molecule has 18 heteroatoms. The van der Waals surface area contributed by atoms with E-state index in [9.17, 15) is 51.8 Å². The van der Waals surface area contributed by atoms with E-state index in [0.29, 0.717) is 0 Å². The minimum Gasteiger partial charge on any atom is -1.00 e. The molecule has 0 unspecified atom stereocenters. The molecule has 0 aliphatic carbocycles. The molecule has 0 atom stereocenters. The van der Waals surface area contributed by atoms with E-state index in [0.717, 1.165) is 13.2 Å². The molecule has 2 nitrogen and oxygen atoms in total. The Morgan fingerprint density at radius 1 is 0.696 bits per heavy atom. The SMILES string of the molecule is COCCN(C)C.F[B-](F)(F)F.F[B-](F)(F)F.F[B-](F)(F)F.[H-].[K+]. The predicted octanol–water partition coefficient (Wildman–Crippen LogP) is 1.21. The van der Waals surface area contributed by atoms with Gasteiger partial charge in [-0.3, -0.25) is 0 Å². The van der Waals surface area contributed by atoms with Crippen LogP contribution < -0.4 is 51.4 Å². The molecule has 0 fully saturated rings. The van der Waals surface area contributed by atoms with Gasteiger partial charge in [0, 0.05) is 13.7 Å². The topological polar surface area (TPSA) is 12.5 Å². The largest absolute Gasteiger partial charge is 1.00 e. The van der Waals surface area contributed by atoms with E-state index in [1.165, 1.54) is 0 Å². The van der Waals surface area contributed by atoms with Gasteiger partial charge < -0.3 is 62.9 Å². The van der Waals surface area contributed by atoms with E-state index in [2.05, 4.69) is 4.90 Å². The van der Waals surface area contributed by atoms with Gasteiger partial charge in [-0.15, -0.1) is 0 Å². The van der Waals surface area contributed by atoms with Gasteiger partial charge in [-0.1, -0.05) is 0 Å². The van der Waals surface area contributed by atoms with Gasteiger partial charge in [0.15, 0.2) is 0 Å². The zero-order chi connectivity index (χ0) is 19.2. The summed E-state index contributed by atoms with van der Waals surface area (Å²) in [4.78, 5) is 2.09. The molecule has 23 heavy (non-hydrogen) atoms. The Labute approximate surface area is 169 Å². The van der Waals surface area contributed by atoms with Crippen molar-refractivity contribution in [2.75, 3.05) is 34.4 Å². The zero-order valence-corrected chi connectivity index (χ0v) is 15.7. The molecule has 0 saturated heterocycles. The fourth-order valence-corrected chi connectivity index (χ4v) is 0.274. The van der Waals surface area contributed by atoms with Gasteiger partial charge in [0.2, 0.25) is 0 Å². The molecule has 0 saturated carbocycles. The maximum Gasteiger partial charge on any atom is 1.00 e. The van der Waals surface area contributed by atoms with Crippen LogP contribution in [0.3, 0.4) is 0 Å². The molecule has 0 aliphatic heterocycles. The molecule has 0 radical (unpaired) electrons. The van der Waals surface area contributed by atoms with Gasteiger partial charge in [0.05, 0.1) is 6.61 Å². The van der Waals surface area contributed by atoms with Crippen molar-refractivity contribution in [3.05, 3.63) is 0 Å². The Kier molecular flexibility index (Phi) is 27.0. The van der Waals surface area contributed by atoms with Crippen molar-refractivity contribution in [1.82, 2.24) is 4.90 Å². The summed E-state index contributed by atoms with van der Waals surface area (Å²) in [5.41, 5.74) is 0. The average molecular weight is 404 g/mol. The molecule has 0 rings (SSSR count). The monoisotopic (exact) mass is 404 g/mol. The first-order chi connectivity index (χ1) is 9.27. The number of ether oxygens (including phenoxy) is 1. The van der Waals surface area contributed by atoms with Crippen molar-refractivity contribution in [3.63, 3.8) is 0 Å². The first kappa shape index (κ1) is 35.1. The minimum atomic E-state index is -6.00. The second-order valence-electron chi connectivity index (χ2n) is 3.28. The van der Waals surface area contributed by atoms with E-state index in [1.807, 2.05) is 14.1 Å². The number of methoxy groups -OCH3 is 1. The second kappa shape index (κ2) is 17.7. The van der Waals surface area contributed by atoms with Crippen LogP contribution in [0.15, 0.2) is 0 Å².